The molecule has 0 spiro atoms. The van der Waals surface area contributed by atoms with E-state index < -0.39 is 0 Å². The van der Waals surface area contributed by atoms with Gasteiger partial charge >= 0.3 is 0 Å². The van der Waals surface area contributed by atoms with Crippen molar-refractivity contribution in [3.05, 3.63) is 36.6 Å². The summed E-state index contributed by atoms with van der Waals surface area (Å²) in [5.74, 6) is 0. The molecule has 2 N–H and O–H groups in total. The fraction of sp³-hybridized carbons (Fsp3) is 0.455. The van der Waals surface area contributed by atoms with Crippen LogP contribution in [0.25, 0.3) is 0 Å². The fourth-order valence-electron chi connectivity index (χ4n) is 1.60. The Balaban J connectivity index is 2.77. The molecule has 1 aliphatic rings. The van der Waals surface area contributed by atoms with E-state index >= 15 is 0 Å². The molecular formula is C11H17N. The summed E-state index contributed by atoms with van der Waals surface area (Å²) in [6, 6.07) is 0. The second-order valence-electron chi connectivity index (χ2n) is 3.65. The highest BCUT2D eigenvalue weighted by atomic mass is 14.6. The van der Waals surface area contributed by atoms with Crippen molar-refractivity contribution in [2.45, 2.75) is 26.2 Å². The van der Waals surface area contributed by atoms with Gasteiger partial charge in [0.1, 0.15) is 0 Å². The van der Waals surface area contributed by atoms with E-state index in [0.29, 0.717) is 0 Å². The van der Waals surface area contributed by atoms with Gasteiger partial charge in [-0.2, -0.15) is 0 Å². The molecule has 0 aliphatic heterocycles. The van der Waals surface area contributed by atoms with Crippen LogP contribution in [-0.2, 0) is 0 Å². The van der Waals surface area contributed by atoms with E-state index in [9.17, 15) is 0 Å². The number of nitrogens with two attached hydrogens (primary N) is 1. The average Bonchev–Trinajstić information content (AvgIpc) is 2.05. The predicted molar refractivity (Wildman–Crippen MR) is 53.6 cm³/mol. The van der Waals surface area contributed by atoms with Crippen molar-refractivity contribution in [2.24, 2.45) is 11.1 Å². The molecule has 1 nitrogen and oxygen atoms in total. The molecule has 0 amide bonds. The molecule has 0 saturated heterocycles. The van der Waals surface area contributed by atoms with E-state index in [1.165, 1.54) is 19.3 Å². The molecule has 1 atom stereocenters. The van der Waals surface area contributed by atoms with Gasteiger partial charge in [0.05, 0.1) is 0 Å². The third-order valence-electron chi connectivity index (χ3n) is 2.32. The lowest BCUT2D eigenvalue weighted by Gasteiger charge is -2.25. The van der Waals surface area contributed by atoms with Crippen molar-refractivity contribution in [1.29, 1.82) is 0 Å². The van der Waals surface area contributed by atoms with Crippen LogP contribution in [0.3, 0.4) is 0 Å². The van der Waals surface area contributed by atoms with E-state index in [1.807, 2.05) is 0 Å². The van der Waals surface area contributed by atoms with Gasteiger partial charge in [-0.15, -0.1) is 0 Å². The van der Waals surface area contributed by atoms with Gasteiger partial charge in [0, 0.05) is 11.1 Å². The minimum absolute atomic E-state index is 0.163. The first-order valence-electron chi connectivity index (χ1n) is 4.45. The third-order valence-corrected chi connectivity index (χ3v) is 2.32. The second kappa shape index (κ2) is 3.61. The van der Waals surface area contributed by atoms with Crippen molar-refractivity contribution in [3.8, 4) is 0 Å². The van der Waals surface area contributed by atoms with Gasteiger partial charge in [-0.1, -0.05) is 31.7 Å². The first kappa shape index (κ1) is 9.11. The van der Waals surface area contributed by atoms with Crippen LogP contribution < -0.4 is 5.73 Å². The van der Waals surface area contributed by atoms with E-state index in [1.54, 1.807) is 6.08 Å². The van der Waals surface area contributed by atoms with Gasteiger partial charge in [-0.05, 0) is 25.3 Å². The Kier molecular flexibility index (Phi) is 2.74. The third kappa shape index (κ3) is 2.26. The predicted octanol–water partition coefficient (Wildman–Crippen LogP) is 2.76. The Labute approximate surface area is 74.7 Å². The summed E-state index contributed by atoms with van der Waals surface area (Å²) in [6.45, 7) is 5.85. The van der Waals surface area contributed by atoms with E-state index in [0.717, 1.165) is 5.70 Å². The molecule has 0 bridgehead atoms. The van der Waals surface area contributed by atoms with Crippen LogP contribution in [0.4, 0.5) is 0 Å². The summed E-state index contributed by atoms with van der Waals surface area (Å²) < 4.78 is 0. The summed E-state index contributed by atoms with van der Waals surface area (Å²) in [7, 11) is 0. The van der Waals surface area contributed by atoms with Crippen LogP contribution in [0.15, 0.2) is 36.6 Å². The Morgan fingerprint density at radius 1 is 1.67 bits per heavy atom. The summed E-state index contributed by atoms with van der Waals surface area (Å²) in [5, 5.41) is 0. The molecule has 0 aromatic rings. The highest BCUT2D eigenvalue weighted by Gasteiger charge is 2.19. The Morgan fingerprint density at radius 3 is 2.92 bits per heavy atom. The normalized spacial score (nSPS) is 30.2. The van der Waals surface area contributed by atoms with Gasteiger partial charge in [0.25, 0.3) is 0 Å². The monoisotopic (exact) mass is 163 g/mol. The molecule has 0 radical (unpaired) electrons. The van der Waals surface area contributed by atoms with Gasteiger partial charge in [-0.25, -0.2) is 0 Å². The van der Waals surface area contributed by atoms with Crippen molar-refractivity contribution < 1.29 is 0 Å². The van der Waals surface area contributed by atoms with Crippen molar-refractivity contribution in [1.82, 2.24) is 0 Å². The molecule has 1 rings (SSSR count). The SMILES string of the molecule is C=C/C(N)=C\C1(C)C=CCCC1. The highest BCUT2D eigenvalue weighted by Crippen LogP contribution is 2.32. The smallest absolute Gasteiger partial charge is 0.0276 e. The largest absolute Gasteiger partial charge is 0.399 e. The number of hydrogen-bond acceptors (Lipinski definition) is 1. The van der Waals surface area contributed by atoms with E-state index in [2.05, 4.69) is 31.7 Å². The summed E-state index contributed by atoms with van der Waals surface area (Å²) >= 11 is 0. The minimum atomic E-state index is 0.163. The zero-order valence-electron chi connectivity index (χ0n) is 7.72. The maximum atomic E-state index is 5.70. The summed E-state index contributed by atoms with van der Waals surface area (Å²) in [4.78, 5) is 0. The zero-order valence-corrected chi connectivity index (χ0v) is 7.72. The van der Waals surface area contributed by atoms with Crippen LogP contribution in [0, 0.1) is 5.41 Å². The van der Waals surface area contributed by atoms with Crippen molar-refractivity contribution in [3.63, 3.8) is 0 Å². The Hall–Kier alpha value is -0.980. The second-order valence-corrected chi connectivity index (χ2v) is 3.65. The maximum Gasteiger partial charge on any atom is 0.0276 e. The van der Waals surface area contributed by atoms with Crippen molar-refractivity contribution >= 4 is 0 Å². The molecule has 1 aliphatic carbocycles. The average molecular weight is 163 g/mol. The molecule has 0 heterocycles. The fourth-order valence-corrected chi connectivity index (χ4v) is 1.60. The first-order chi connectivity index (χ1) is 5.66. The molecule has 0 aromatic heterocycles. The van der Waals surface area contributed by atoms with Crippen LogP contribution >= 0.6 is 0 Å². The molecule has 0 fully saturated rings. The molecule has 1 unspecified atom stereocenters. The molecule has 1 heteroatoms. The molecule has 0 saturated carbocycles. The Bertz CT molecular complexity index is 225. The molecule has 0 aromatic carbocycles. The van der Waals surface area contributed by atoms with Crippen LogP contribution in [0.2, 0.25) is 0 Å². The van der Waals surface area contributed by atoms with Gasteiger partial charge in [0.15, 0.2) is 0 Å². The lowest BCUT2D eigenvalue weighted by Crippen LogP contribution is -2.14. The first-order valence-corrected chi connectivity index (χ1v) is 4.45. The minimum Gasteiger partial charge on any atom is -0.399 e. The lowest BCUT2D eigenvalue weighted by atomic mass is 9.80. The maximum absolute atomic E-state index is 5.70. The molecular weight excluding hydrogens is 146 g/mol. The number of hydrogen-bond donors (Lipinski definition) is 1. The molecule has 12 heavy (non-hydrogen) atoms. The van der Waals surface area contributed by atoms with Crippen LogP contribution in [0.5, 0.6) is 0 Å². The van der Waals surface area contributed by atoms with E-state index in [-0.39, 0.29) is 5.41 Å². The Morgan fingerprint density at radius 2 is 2.42 bits per heavy atom. The quantitative estimate of drug-likeness (QED) is 0.491. The zero-order chi connectivity index (χ0) is 9.03. The molecule has 66 valence electrons. The van der Waals surface area contributed by atoms with Crippen LogP contribution in [-0.4, -0.2) is 0 Å². The highest BCUT2D eigenvalue weighted by molar-refractivity contribution is 5.21. The standard InChI is InChI=1S/C11H17N/c1-3-10(12)9-11(2)7-5-4-6-8-11/h3,5,7,9H,1,4,6,8,12H2,2H3/b10-9+. The van der Waals surface area contributed by atoms with Gasteiger partial charge < -0.3 is 5.73 Å². The number of rotatable bonds is 2. The van der Waals surface area contributed by atoms with Gasteiger partial charge in [0.2, 0.25) is 0 Å². The topological polar surface area (TPSA) is 26.0 Å². The van der Waals surface area contributed by atoms with E-state index in [4.69, 9.17) is 5.73 Å². The lowest BCUT2D eigenvalue weighted by molar-refractivity contribution is 0.458. The van der Waals surface area contributed by atoms with Gasteiger partial charge in [-0.3, -0.25) is 0 Å². The van der Waals surface area contributed by atoms with Crippen molar-refractivity contribution in [2.75, 3.05) is 0 Å². The summed E-state index contributed by atoms with van der Waals surface area (Å²) in [6.07, 6.45) is 11.9. The number of allylic oxidation sites excluding steroid dienone is 4. The summed E-state index contributed by atoms with van der Waals surface area (Å²) in [5.41, 5.74) is 6.64. The van der Waals surface area contributed by atoms with Crippen LogP contribution in [0.1, 0.15) is 26.2 Å².